The fraction of sp³-hybridized carbons (Fsp3) is 0.889. The zero-order valence-corrected chi connectivity index (χ0v) is 9.46. The van der Waals surface area contributed by atoms with Crippen LogP contribution in [-0.2, 0) is 4.79 Å². The Morgan fingerprint density at radius 3 is 2.69 bits per heavy atom. The molecule has 1 saturated heterocycles. The van der Waals surface area contributed by atoms with Crippen LogP contribution in [0.25, 0.3) is 0 Å². The van der Waals surface area contributed by atoms with Gasteiger partial charge >= 0.3 is 6.18 Å². The largest absolute Gasteiger partial charge is 0.389 e. The molecule has 1 atom stereocenters. The normalized spacial score (nSPS) is 25.8. The molecule has 0 aliphatic carbocycles. The quantitative estimate of drug-likeness (QED) is 0.798. The maximum atomic E-state index is 11.8. The molecule has 94 valence electrons. The summed E-state index contributed by atoms with van der Waals surface area (Å²) in [5, 5.41) is 12.1. The third-order valence-corrected chi connectivity index (χ3v) is 3.57. The van der Waals surface area contributed by atoms with Crippen LogP contribution in [-0.4, -0.2) is 40.8 Å². The van der Waals surface area contributed by atoms with E-state index in [-0.39, 0.29) is 6.54 Å². The van der Waals surface area contributed by atoms with Gasteiger partial charge in [-0.05, 0) is 12.2 Å². The molecular weight excluding hydrogens is 243 g/mol. The lowest BCUT2D eigenvalue weighted by Crippen LogP contribution is -2.43. The molecule has 0 aromatic carbocycles. The van der Waals surface area contributed by atoms with Gasteiger partial charge in [-0.25, -0.2) is 0 Å². The van der Waals surface area contributed by atoms with E-state index >= 15 is 0 Å². The second-order valence-electron chi connectivity index (χ2n) is 3.92. The lowest BCUT2D eigenvalue weighted by Gasteiger charge is -2.21. The number of carbonyl (C=O) groups excluding carboxylic acids is 1. The standard InChI is InChI=1S/C9H14F3NO2S/c10-9(11,12)2-1-7(14)13-5-8(15)3-4-16-6-8/h15H,1-6H2,(H,13,14). The molecule has 0 spiro atoms. The predicted octanol–water partition coefficient (Wildman–Crippen LogP) is 1.31. The van der Waals surface area contributed by atoms with Gasteiger partial charge in [0.2, 0.25) is 5.91 Å². The number of thioether (sulfide) groups is 1. The van der Waals surface area contributed by atoms with Gasteiger partial charge in [-0.2, -0.15) is 24.9 Å². The summed E-state index contributed by atoms with van der Waals surface area (Å²) in [6, 6.07) is 0. The van der Waals surface area contributed by atoms with Crippen LogP contribution in [0.1, 0.15) is 19.3 Å². The summed E-state index contributed by atoms with van der Waals surface area (Å²) >= 11 is 1.57. The molecule has 7 heteroatoms. The number of halogens is 3. The fourth-order valence-electron chi connectivity index (χ4n) is 1.34. The smallest absolute Gasteiger partial charge is 0.387 e. The van der Waals surface area contributed by atoms with E-state index in [2.05, 4.69) is 5.32 Å². The zero-order chi connectivity index (χ0) is 12.2. The summed E-state index contributed by atoms with van der Waals surface area (Å²) in [4.78, 5) is 11.1. The molecule has 1 heterocycles. The van der Waals surface area contributed by atoms with Gasteiger partial charge in [-0.15, -0.1) is 0 Å². The second-order valence-corrected chi connectivity index (χ2v) is 5.02. The third kappa shape index (κ3) is 5.07. The zero-order valence-electron chi connectivity index (χ0n) is 8.64. The summed E-state index contributed by atoms with van der Waals surface area (Å²) < 4.78 is 35.4. The number of hydrogen-bond donors (Lipinski definition) is 2. The SMILES string of the molecule is O=C(CCC(F)(F)F)NCC1(O)CCSC1. The van der Waals surface area contributed by atoms with Crippen molar-refractivity contribution in [1.29, 1.82) is 0 Å². The Bertz CT molecular complexity index is 252. The van der Waals surface area contributed by atoms with Gasteiger partial charge in [0.05, 0.1) is 12.0 Å². The summed E-state index contributed by atoms with van der Waals surface area (Å²) in [7, 11) is 0. The van der Waals surface area contributed by atoms with E-state index in [1.807, 2.05) is 0 Å². The molecule has 3 nitrogen and oxygen atoms in total. The molecule has 0 bridgehead atoms. The van der Waals surface area contributed by atoms with Crippen LogP contribution in [0.2, 0.25) is 0 Å². The second kappa shape index (κ2) is 5.27. The van der Waals surface area contributed by atoms with Crippen LogP contribution in [0.5, 0.6) is 0 Å². The minimum atomic E-state index is -4.31. The molecule has 0 aromatic rings. The van der Waals surface area contributed by atoms with Crippen LogP contribution >= 0.6 is 11.8 Å². The Balaban J connectivity index is 2.20. The lowest BCUT2D eigenvalue weighted by atomic mass is 10.0. The first-order valence-electron chi connectivity index (χ1n) is 4.94. The highest BCUT2D eigenvalue weighted by Crippen LogP contribution is 2.27. The van der Waals surface area contributed by atoms with Gasteiger partial charge in [-0.3, -0.25) is 4.79 Å². The predicted molar refractivity (Wildman–Crippen MR) is 55.2 cm³/mol. The van der Waals surface area contributed by atoms with E-state index < -0.39 is 30.5 Å². The number of alkyl halides is 3. The molecule has 0 saturated carbocycles. The summed E-state index contributed by atoms with van der Waals surface area (Å²) in [5.74, 6) is 0.671. The van der Waals surface area contributed by atoms with E-state index in [4.69, 9.17) is 0 Å². The molecular formula is C9H14F3NO2S. The van der Waals surface area contributed by atoms with Crippen molar-refractivity contribution in [3.05, 3.63) is 0 Å². The molecule has 0 radical (unpaired) electrons. The Morgan fingerprint density at radius 1 is 1.50 bits per heavy atom. The first-order valence-corrected chi connectivity index (χ1v) is 6.10. The molecule has 16 heavy (non-hydrogen) atoms. The van der Waals surface area contributed by atoms with Gasteiger partial charge in [0.15, 0.2) is 0 Å². The van der Waals surface area contributed by atoms with E-state index in [0.717, 1.165) is 5.75 Å². The maximum Gasteiger partial charge on any atom is 0.389 e. The van der Waals surface area contributed by atoms with Crippen molar-refractivity contribution in [1.82, 2.24) is 5.32 Å². The summed E-state index contributed by atoms with van der Waals surface area (Å²) in [6.45, 7) is 0.0384. The van der Waals surface area contributed by atoms with Crippen molar-refractivity contribution in [2.24, 2.45) is 0 Å². The molecule has 1 fully saturated rings. The van der Waals surface area contributed by atoms with E-state index in [1.54, 1.807) is 11.8 Å². The Hall–Kier alpha value is -0.430. The molecule has 0 aromatic heterocycles. The van der Waals surface area contributed by atoms with Crippen LogP contribution in [0.3, 0.4) is 0 Å². The molecule has 1 unspecified atom stereocenters. The number of aliphatic hydroxyl groups is 1. The lowest BCUT2D eigenvalue weighted by molar-refractivity contribution is -0.144. The molecule has 2 N–H and O–H groups in total. The van der Waals surface area contributed by atoms with Crippen molar-refractivity contribution in [2.45, 2.75) is 31.0 Å². The molecule has 1 aliphatic rings. The first kappa shape index (κ1) is 13.6. The molecule has 1 rings (SSSR count). The van der Waals surface area contributed by atoms with Crippen LogP contribution in [0, 0.1) is 0 Å². The third-order valence-electron chi connectivity index (χ3n) is 2.33. The van der Waals surface area contributed by atoms with E-state index in [0.29, 0.717) is 12.2 Å². The van der Waals surface area contributed by atoms with Crippen molar-refractivity contribution in [2.75, 3.05) is 18.1 Å². The van der Waals surface area contributed by atoms with Crippen LogP contribution in [0.15, 0.2) is 0 Å². The van der Waals surface area contributed by atoms with Gasteiger partial charge in [0.1, 0.15) is 0 Å². The molecule has 1 amide bonds. The highest BCUT2D eigenvalue weighted by Gasteiger charge is 2.32. The summed E-state index contributed by atoms with van der Waals surface area (Å²) in [6.07, 6.45) is -5.44. The topological polar surface area (TPSA) is 49.3 Å². The number of nitrogens with one attached hydrogen (secondary N) is 1. The number of rotatable bonds is 4. The first-order chi connectivity index (χ1) is 7.31. The van der Waals surface area contributed by atoms with E-state index in [9.17, 15) is 23.1 Å². The van der Waals surface area contributed by atoms with Gasteiger partial charge < -0.3 is 10.4 Å². The van der Waals surface area contributed by atoms with Crippen molar-refractivity contribution in [3.63, 3.8) is 0 Å². The Kier molecular flexibility index (Phi) is 4.49. The molecule has 1 aliphatic heterocycles. The number of carbonyl (C=O) groups is 1. The van der Waals surface area contributed by atoms with Gasteiger partial charge in [-0.1, -0.05) is 0 Å². The number of amides is 1. The Morgan fingerprint density at radius 2 is 2.19 bits per heavy atom. The average Bonchev–Trinajstić information content (AvgIpc) is 2.59. The number of hydrogen-bond acceptors (Lipinski definition) is 3. The highest BCUT2D eigenvalue weighted by molar-refractivity contribution is 7.99. The van der Waals surface area contributed by atoms with Crippen molar-refractivity contribution >= 4 is 17.7 Å². The summed E-state index contributed by atoms with van der Waals surface area (Å²) in [5.41, 5.74) is -0.946. The fourth-order valence-corrected chi connectivity index (χ4v) is 2.64. The van der Waals surface area contributed by atoms with E-state index in [1.165, 1.54) is 0 Å². The van der Waals surface area contributed by atoms with Gasteiger partial charge in [0.25, 0.3) is 0 Å². The average molecular weight is 257 g/mol. The minimum absolute atomic E-state index is 0.0384. The monoisotopic (exact) mass is 257 g/mol. The maximum absolute atomic E-state index is 11.8. The van der Waals surface area contributed by atoms with Crippen molar-refractivity contribution in [3.8, 4) is 0 Å². The van der Waals surface area contributed by atoms with Gasteiger partial charge in [0, 0.05) is 18.7 Å². The van der Waals surface area contributed by atoms with Crippen LogP contribution < -0.4 is 5.32 Å². The van der Waals surface area contributed by atoms with Crippen LogP contribution in [0.4, 0.5) is 13.2 Å². The van der Waals surface area contributed by atoms with Crippen molar-refractivity contribution < 1.29 is 23.1 Å². The minimum Gasteiger partial charge on any atom is -0.387 e. The Labute approximate surface area is 95.8 Å². The highest BCUT2D eigenvalue weighted by atomic mass is 32.2.